The van der Waals surface area contributed by atoms with E-state index >= 15 is 0 Å². The summed E-state index contributed by atoms with van der Waals surface area (Å²) in [5.41, 5.74) is 0.487. The van der Waals surface area contributed by atoms with Crippen molar-refractivity contribution in [1.82, 2.24) is 5.32 Å². The summed E-state index contributed by atoms with van der Waals surface area (Å²) in [6.07, 6.45) is 0. The van der Waals surface area contributed by atoms with Crippen LogP contribution < -0.4 is 10.5 Å². The highest BCUT2D eigenvalue weighted by atomic mass is 28.3. The van der Waals surface area contributed by atoms with Crippen molar-refractivity contribution in [1.29, 1.82) is 0 Å². The molecule has 0 aromatic heterocycles. The van der Waals surface area contributed by atoms with Gasteiger partial charge in [-0.15, -0.1) is 0 Å². The van der Waals surface area contributed by atoms with Gasteiger partial charge in [0.25, 0.3) is 5.91 Å². The Bertz CT molecular complexity index is 398. The van der Waals surface area contributed by atoms with Crippen molar-refractivity contribution >= 4 is 19.2 Å². The highest BCUT2D eigenvalue weighted by Gasteiger charge is 2.26. The molecule has 0 aliphatic heterocycles. The fourth-order valence-electron chi connectivity index (χ4n) is 1.73. The summed E-state index contributed by atoms with van der Waals surface area (Å²) >= 11 is 0. The number of carbonyl (C=O) groups is 1. The van der Waals surface area contributed by atoms with E-state index in [9.17, 15) is 9.18 Å². The van der Waals surface area contributed by atoms with Crippen LogP contribution in [-0.2, 0) is 0 Å². The summed E-state index contributed by atoms with van der Waals surface area (Å²) in [4.78, 5) is 11.8. The van der Waals surface area contributed by atoms with Gasteiger partial charge in [-0.1, -0.05) is 25.7 Å². The second kappa shape index (κ2) is 4.78. The van der Waals surface area contributed by atoms with Gasteiger partial charge in [-0.3, -0.25) is 4.79 Å². The van der Waals surface area contributed by atoms with E-state index < -0.39 is 8.07 Å². The van der Waals surface area contributed by atoms with Crippen molar-refractivity contribution in [2.24, 2.45) is 0 Å². The SMILES string of the molecule is CCNC(=O)c1cccc(F)c1[Si](C)(C)C. The number of hydrogen-bond donors (Lipinski definition) is 1. The fraction of sp³-hybridized carbons (Fsp3) is 0.417. The first kappa shape index (κ1) is 12.9. The molecule has 0 saturated carbocycles. The molecule has 1 aromatic rings. The van der Waals surface area contributed by atoms with E-state index in [2.05, 4.69) is 5.32 Å². The maximum absolute atomic E-state index is 13.8. The molecule has 2 nitrogen and oxygen atoms in total. The molecule has 0 spiro atoms. The molecule has 1 amide bonds. The maximum atomic E-state index is 13.8. The molecule has 0 radical (unpaired) electrons. The first-order chi connectivity index (χ1) is 7.38. The molecule has 1 aromatic carbocycles. The van der Waals surface area contributed by atoms with Gasteiger partial charge in [0, 0.05) is 12.1 Å². The van der Waals surface area contributed by atoms with Crippen molar-refractivity contribution in [3.63, 3.8) is 0 Å². The zero-order valence-corrected chi connectivity index (χ0v) is 11.2. The molecule has 1 N–H and O–H groups in total. The average molecular weight is 239 g/mol. The Morgan fingerprint density at radius 1 is 1.38 bits per heavy atom. The zero-order chi connectivity index (χ0) is 12.3. The smallest absolute Gasteiger partial charge is 0.251 e. The Hall–Kier alpha value is -1.16. The lowest BCUT2D eigenvalue weighted by Gasteiger charge is -2.21. The molecule has 88 valence electrons. The fourth-order valence-corrected chi connectivity index (χ4v) is 3.54. The molecule has 0 aliphatic carbocycles. The van der Waals surface area contributed by atoms with Crippen LogP contribution in [0.15, 0.2) is 18.2 Å². The van der Waals surface area contributed by atoms with Gasteiger partial charge in [0.05, 0.1) is 8.07 Å². The quantitative estimate of drug-likeness (QED) is 0.804. The first-order valence-corrected chi connectivity index (χ1v) is 8.95. The van der Waals surface area contributed by atoms with Crippen molar-refractivity contribution in [3.05, 3.63) is 29.6 Å². The van der Waals surface area contributed by atoms with Crippen LogP contribution in [-0.4, -0.2) is 20.5 Å². The van der Waals surface area contributed by atoms with E-state index in [1.165, 1.54) is 6.07 Å². The second-order valence-corrected chi connectivity index (χ2v) is 9.77. The summed E-state index contributed by atoms with van der Waals surface area (Å²) in [5.74, 6) is -0.442. The van der Waals surface area contributed by atoms with Crippen LogP contribution in [0.1, 0.15) is 17.3 Å². The third-order valence-corrected chi connectivity index (χ3v) is 4.35. The first-order valence-electron chi connectivity index (χ1n) is 5.45. The number of benzene rings is 1. The molecule has 1 rings (SSSR count). The third kappa shape index (κ3) is 2.69. The molecule has 0 saturated heterocycles. The Morgan fingerprint density at radius 2 is 2.00 bits per heavy atom. The van der Waals surface area contributed by atoms with Crippen LogP contribution in [0, 0.1) is 5.82 Å². The van der Waals surface area contributed by atoms with Crippen molar-refractivity contribution in [3.8, 4) is 0 Å². The van der Waals surface area contributed by atoms with Gasteiger partial charge < -0.3 is 5.32 Å². The lowest BCUT2D eigenvalue weighted by molar-refractivity contribution is 0.0956. The normalized spacial score (nSPS) is 11.3. The van der Waals surface area contributed by atoms with Crippen LogP contribution in [0.4, 0.5) is 4.39 Å². The minimum absolute atomic E-state index is 0.181. The van der Waals surface area contributed by atoms with Crippen LogP contribution in [0.2, 0.25) is 19.6 Å². The van der Waals surface area contributed by atoms with Crippen molar-refractivity contribution in [2.45, 2.75) is 26.6 Å². The molecule has 0 unspecified atom stereocenters. The molecule has 4 heteroatoms. The maximum Gasteiger partial charge on any atom is 0.251 e. The topological polar surface area (TPSA) is 29.1 Å². The van der Waals surface area contributed by atoms with Crippen LogP contribution >= 0.6 is 0 Å². The van der Waals surface area contributed by atoms with Gasteiger partial charge in [0.2, 0.25) is 0 Å². The number of halogens is 1. The number of nitrogens with one attached hydrogen (secondary N) is 1. The molecular weight excluding hydrogens is 221 g/mol. The van der Waals surface area contributed by atoms with E-state index in [1.54, 1.807) is 12.1 Å². The summed E-state index contributed by atoms with van der Waals surface area (Å²) in [6, 6.07) is 4.71. The highest BCUT2D eigenvalue weighted by molar-refractivity contribution is 6.89. The molecule has 0 heterocycles. The average Bonchev–Trinajstić information content (AvgIpc) is 2.15. The predicted molar refractivity (Wildman–Crippen MR) is 67.4 cm³/mol. The Balaban J connectivity index is 3.29. The molecule has 0 aliphatic rings. The summed E-state index contributed by atoms with van der Waals surface area (Å²) in [5, 5.41) is 3.33. The van der Waals surface area contributed by atoms with E-state index in [0.29, 0.717) is 17.3 Å². The Morgan fingerprint density at radius 3 is 2.50 bits per heavy atom. The lowest BCUT2D eigenvalue weighted by atomic mass is 10.2. The van der Waals surface area contributed by atoms with Crippen LogP contribution in [0.5, 0.6) is 0 Å². The van der Waals surface area contributed by atoms with E-state index in [-0.39, 0.29) is 11.7 Å². The minimum Gasteiger partial charge on any atom is -0.352 e. The van der Waals surface area contributed by atoms with Gasteiger partial charge in [0.15, 0.2) is 0 Å². The van der Waals surface area contributed by atoms with Gasteiger partial charge >= 0.3 is 0 Å². The summed E-state index contributed by atoms with van der Waals surface area (Å²) < 4.78 is 13.8. The standard InChI is InChI=1S/C12H18FNOSi/c1-5-14-12(15)9-7-6-8-10(13)11(9)16(2,3)4/h6-8H,5H2,1-4H3,(H,14,15). The van der Waals surface area contributed by atoms with Gasteiger partial charge in [-0.05, 0) is 24.2 Å². The number of carbonyl (C=O) groups excluding carboxylic acids is 1. The Labute approximate surface area is 96.9 Å². The molecule has 0 bridgehead atoms. The molecule has 0 fully saturated rings. The zero-order valence-electron chi connectivity index (χ0n) is 10.2. The highest BCUT2D eigenvalue weighted by Crippen LogP contribution is 2.10. The van der Waals surface area contributed by atoms with Crippen LogP contribution in [0.25, 0.3) is 0 Å². The van der Waals surface area contributed by atoms with Gasteiger partial charge in [-0.2, -0.15) is 0 Å². The monoisotopic (exact) mass is 239 g/mol. The Kier molecular flexibility index (Phi) is 3.86. The van der Waals surface area contributed by atoms with E-state index in [1.807, 2.05) is 26.6 Å². The second-order valence-electron chi connectivity index (χ2n) is 4.77. The number of rotatable bonds is 3. The van der Waals surface area contributed by atoms with Crippen molar-refractivity contribution in [2.75, 3.05) is 6.54 Å². The number of amides is 1. The third-order valence-electron chi connectivity index (χ3n) is 2.35. The minimum atomic E-state index is -1.85. The van der Waals surface area contributed by atoms with Gasteiger partial charge in [-0.25, -0.2) is 4.39 Å². The van der Waals surface area contributed by atoms with E-state index in [4.69, 9.17) is 0 Å². The summed E-state index contributed by atoms with van der Waals surface area (Å²) in [7, 11) is -1.85. The molecule has 16 heavy (non-hydrogen) atoms. The largest absolute Gasteiger partial charge is 0.352 e. The van der Waals surface area contributed by atoms with Gasteiger partial charge in [0.1, 0.15) is 5.82 Å². The van der Waals surface area contributed by atoms with E-state index in [0.717, 1.165) is 0 Å². The lowest BCUT2D eigenvalue weighted by Crippen LogP contribution is -2.45. The number of hydrogen-bond acceptors (Lipinski definition) is 1. The molecule has 0 atom stereocenters. The predicted octanol–water partition coefficient (Wildman–Crippen LogP) is 2.12. The van der Waals surface area contributed by atoms with Crippen molar-refractivity contribution < 1.29 is 9.18 Å². The molecular formula is C12H18FNOSi. The summed E-state index contributed by atoms with van der Waals surface area (Å²) in [6.45, 7) is 8.52. The van der Waals surface area contributed by atoms with Crippen LogP contribution in [0.3, 0.4) is 0 Å².